The first-order valence-electron chi connectivity index (χ1n) is 5.28. The molecule has 0 aliphatic heterocycles. The summed E-state index contributed by atoms with van der Waals surface area (Å²) in [5.41, 5.74) is 0.326. The molecule has 0 amide bonds. The Morgan fingerprint density at radius 3 is 2.10 bits per heavy atom. The van der Waals surface area contributed by atoms with Gasteiger partial charge in [0.15, 0.2) is 12.4 Å². The van der Waals surface area contributed by atoms with Gasteiger partial charge in [0, 0.05) is 5.57 Å². The van der Waals surface area contributed by atoms with E-state index in [1.54, 1.807) is 31.2 Å². The summed E-state index contributed by atoms with van der Waals surface area (Å²) < 4.78 is 10.2. The van der Waals surface area contributed by atoms with Crippen LogP contribution in [0.2, 0.25) is 0 Å². The van der Waals surface area contributed by atoms with Gasteiger partial charge in [-0.1, -0.05) is 28.0 Å². The summed E-state index contributed by atoms with van der Waals surface area (Å²) in [4.78, 5) is 22.2. The summed E-state index contributed by atoms with van der Waals surface area (Å²) >= 11 is 0. The summed E-state index contributed by atoms with van der Waals surface area (Å²) in [6, 6.07) is 6.37. The Kier molecular flexibility index (Phi) is 9.54. The molecule has 0 unspecified atom stereocenters. The van der Waals surface area contributed by atoms with E-state index in [1.165, 1.54) is 6.08 Å². The smallest absolute Gasteiger partial charge is 0.338 e. The van der Waals surface area contributed by atoms with Gasteiger partial charge in [-0.25, -0.2) is 4.79 Å². The molecule has 0 saturated heterocycles. The molecule has 0 bridgehead atoms. The maximum Gasteiger partial charge on any atom is 0.338 e. The van der Waals surface area contributed by atoms with E-state index < -0.39 is 5.97 Å². The first-order valence-corrected chi connectivity index (χ1v) is 5.28. The predicted molar refractivity (Wildman–Crippen MR) is 81.1 cm³/mol. The average molecular weight is 278 g/mol. The van der Waals surface area contributed by atoms with Crippen LogP contribution in [0.25, 0.3) is 0 Å². The summed E-state index contributed by atoms with van der Waals surface area (Å²) in [6.45, 7) is 8.33. The Hall–Kier alpha value is -2.36. The number of hydrogen-bond acceptors (Lipinski definition) is 4. The molecular formula is C16H22O4. The molecule has 110 valence electrons. The summed E-state index contributed by atoms with van der Waals surface area (Å²) in [7, 11) is 0. The number of esters is 1. The first-order chi connectivity index (χ1) is 8.52. The average Bonchev–Trinajstić information content (AvgIpc) is 2.37. The fourth-order valence-electron chi connectivity index (χ4n) is 1.01. The minimum atomic E-state index is -0.481. The number of rotatable bonds is 6. The Labute approximate surface area is 120 Å². The van der Waals surface area contributed by atoms with Crippen molar-refractivity contribution in [3.8, 4) is 11.5 Å². The topological polar surface area (TPSA) is 52.6 Å². The number of carbonyl (C=O) groups excluding carboxylic acids is 2. The van der Waals surface area contributed by atoms with Crippen molar-refractivity contribution in [2.75, 3.05) is 6.61 Å². The van der Waals surface area contributed by atoms with E-state index in [0.29, 0.717) is 17.1 Å². The standard InChI is InChI=1S/C14H14O4.2CH4/c1-4-11(15)9-17-12-5-7-13(8-6-12)18-14(16)10(2)3;;/h4-8H,1-2,9H2,3H3;2*1H4. The van der Waals surface area contributed by atoms with E-state index in [1.807, 2.05) is 0 Å². The van der Waals surface area contributed by atoms with Crippen molar-refractivity contribution in [1.82, 2.24) is 0 Å². The van der Waals surface area contributed by atoms with Crippen molar-refractivity contribution < 1.29 is 19.1 Å². The SMILES string of the molecule is C.C.C=CC(=O)COc1ccc(OC(=O)C(=C)C)cc1. The lowest BCUT2D eigenvalue weighted by Gasteiger charge is -2.06. The van der Waals surface area contributed by atoms with Crippen molar-refractivity contribution in [3.05, 3.63) is 49.1 Å². The van der Waals surface area contributed by atoms with Gasteiger partial charge in [-0.15, -0.1) is 0 Å². The molecule has 1 aromatic rings. The molecule has 0 heterocycles. The van der Waals surface area contributed by atoms with Gasteiger partial charge in [-0.05, 0) is 37.3 Å². The zero-order valence-corrected chi connectivity index (χ0v) is 10.1. The van der Waals surface area contributed by atoms with Crippen LogP contribution < -0.4 is 9.47 Å². The lowest BCUT2D eigenvalue weighted by atomic mass is 10.3. The van der Waals surface area contributed by atoms with Crippen molar-refractivity contribution in [3.63, 3.8) is 0 Å². The molecule has 4 heteroatoms. The molecule has 0 atom stereocenters. The Morgan fingerprint density at radius 2 is 1.65 bits per heavy atom. The fourth-order valence-corrected chi connectivity index (χ4v) is 1.01. The molecule has 4 nitrogen and oxygen atoms in total. The summed E-state index contributed by atoms with van der Waals surface area (Å²) in [5, 5.41) is 0. The van der Waals surface area contributed by atoms with Crippen molar-refractivity contribution in [1.29, 1.82) is 0 Å². The van der Waals surface area contributed by atoms with Crippen LogP contribution in [0.5, 0.6) is 11.5 Å². The molecule has 0 spiro atoms. The van der Waals surface area contributed by atoms with E-state index >= 15 is 0 Å². The van der Waals surface area contributed by atoms with Crippen LogP contribution in [0.3, 0.4) is 0 Å². The van der Waals surface area contributed by atoms with Crippen molar-refractivity contribution >= 4 is 11.8 Å². The summed E-state index contributed by atoms with van der Waals surface area (Å²) in [5.74, 6) is 0.226. The molecule has 0 N–H and O–H groups in total. The van der Waals surface area contributed by atoms with Gasteiger partial charge < -0.3 is 9.47 Å². The van der Waals surface area contributed by atoms with Crippen LogP contribution in [0, 0.1) is 0 Å². The van der Waals surface area contributed by atoms with Gasteiger partial charge >= 0.3 is 5.97 Å². The van der Waals surface area contributed by atoms with E-state index in [0.717, 1.165) is 0 Å². The monoisotopic (exact) mass is 278 g/mol. The van der Waals surface area contributed by atoms with E-state index in [-0.39, 0.29) is 27.2 Å². The number of benzene rings is 1. The normalized spacial score (nSPS) is 8.45. The van der Waals surface area contributed by atoms with E-state index in [9.17, 15) is 9.59 Å². The highest BCUT2D eigenvalue weighted by Crippen LogP contribution is 2.18. The predicted octanol–water partition coefficient (Wildman–Crippen LogP) is 3.57. The summed E-state index contributed by atoms with van der Waals surface area (Å²) in [6.07, 6.45) is 1.20. The van der Waals surface area contributed by atoms with Gasteiger partial charge in [0.1, 0.15) is 11.5 Å². The van der Waals surface area contributed by atoms with Gasteiger partial charge in [0.2, 0.25) is 0 Å². The zero-order chi connectivity index (χ0) is 13.5. The van der Waals surface area contributed by atoms with Gasteiger partial charge in [0.05, 0.1) is 0 Å². The lowest BCUT2D eigenvalue weighted by Crippen LogP contribution is -2.09. The number of ether oxygens (including phenoxy) is 2. The first kappa shape index (κ1) is 20.0. The van der Waals surface area contributed by atoms with E-state index in [4.69, 9.17) is 9.47 Å². The van der Waals surface area contributed by atoms with E-state index in [2.05, 4.69) is 13.2 Å². The second kappa shape index (κ2) is 9.55. The number of carbonyl (C=O) groups is 2. The maximum atomic E-state index is 11.2. The second-order valence-electron chi connectivity index (χ2n) is 3.60. The van der Waals surface area contributed by atoms with Crippen LogP contribution in [0.1, 0.15) is 21.8 Å². The Balaban J connectivity index is 0. The van der Waals surface area contributed by atoms with Crippen LogP contribution in [0.4, 0.5) is 0 Å². The Bertz CT molecular complexity index is 472. The minimum absolute atomic E-state index is 0. The third kappa shape index (κ3) is 6.54. The number of hydrogen-bond donors (Lipinski definition) is 0. The molecular weight excluding hydrogens is 256 g/mol. The van der Waals surface area contributed by atoms with Gasteiger partial charge in [-0.3, -0.25) is 4.79 Å². The van der Waals surface area contributed by atoms with Crippen LogP contribution in [-0.4, -0.2) is 18.4 Å². The van der Waals surface area contributed by atoms with Crippen molar-refractivity contribution in [2.45, 2.75) is 21.8 Å². The Morgan fingerprint density at radius 1 is 1.15 bits per heavy atom. The van der Waals surface area contributed by atoms with Gasteiger partial charge in [-0.2, -0.15) is 0 Å². The molecule has 0 aromatic heterocycles. The molecule has 0 fully saturated rings. The van der Waals surface area contributed by atoms with Crippen molar-refractivity contribution in [2.24, 2.45) is 0 Å². The molecule has 0 radical (unpaired) electrons. The highest BCUT2D eigenvalue weighted by atomic mass is 16.5. The largest absolute Gasteiger partial charge is 0.485 e. The minimum Gasteiger partial charge on any atom is -0.485 e. The number of ketones is 1. The maximum absolute atomic E-state index is 11.2. The molecule has 0 aliphatic carbocycles. The zero-order valence-electron chi connectivity index (χ0n) is 10.1. The molecule has 0 saturated carbocycles. The second-order valence-corrected chi connectivity index (χ2v) is 3.60. The third-order valence-corrected chi connectivity index (χ3v) is 1.99. The van der Waals surface area contributed by atoms with Crippen LogP contribution >= 0.6 is 0 Å². The molecule has 1 aromatic carbocycles. The molecule has 20 heavy (non-hydrogen) atoms. The highest BCUT2D eigenvalue weighted by Gasteiger charge is 2.05. The highest BCUT2D eigenvalue weighted by molar-refractivity contribution is 5.90. The quantitative estimate of drug-likeness (QED) is 0.453. The van der Waals surface area contributed by atoms with Crippen LogP contribution in [-0.2, 0) is 9.59 Å². The third-order valence-electron chi connectivity index (χ3n) is 1.99. The molecule has 0 aliphatic rings. The lowest BCUT2D eigenvalue weighted by molar-refractivity contribution is -0.130. The van der Waals surface area contributed by atoms with Crippen LogP contribution in [0.15, 0.2) is 49.1 Å². The fraction of sp³-hybridized carbons (Fsp3) is 0.250. The molecule has 1 rings (SSSR count). The van der Waals surface area contributed by atoms with Gasteiger partial charge in [0.25, 0.3) is 0 Å².